The highest BCUT2D eigenvalue weighted by molar-refractivity contribution is 5.91. The lowest BCUT2D eigenvalue weighted by molar-refractivity contribution is 0.277. The summed E-state index contributed by atoms with van der Waals surface area (Å²) >= 11 is 0. The minimum atomic E-state index is 0. The molecule has 0 bridgehead atoms. The van der Waals surface area contributed by atoms with Crippen LogP contribution in [0.3, 0.4) is 0 Å². The van der Waals surface area contributed by atoms with Crippen LogP contribution >= 0.6 is 12.4 Å². The highest BCUT2D eigenvalue weighted by atomic mass is 35.5. The standard InChI is InChI=1S/C16H22N2O.ClH/c1-10(2)13-8-11(3)9-14-12(4-7-19-15(13)14)16-17-5-6-18-16;/h8-10,12H,4-7H2,1-3H3,(H,17,18);1H. The average Bonchev–Trinajstić information content (AvgIpc) is 2.90. The highest BCUT2D eigenvalue weighted by Crippen LogP contribution is 2.40. The monoisotopic (exact) mass is 294 g/mol. The van der Waals surface area contributed by atoms with Crippen molar-refractivity contribution in [2.75, 3.05) is 19.7 Å². The lowest BCUT2D eigenvalue weighted by atomic mass is 9.86. The molecule has 0 saturated heterocycles. The number of aryl methyl sites for hydroxylation is 1. The number of aliphatic imine (C=N–C) groups is 1. The summed E-state index contributed by atoms with van der Waals surface area (Å²) in [4.78, 5) is 4.61. The van der Waals surface area contributed by atoms with Gasteiger partial charge in [0, 0.05) is 18.0 Å². The molecule has 3 nitrogen and oxygen atoms in total. The van der Waals surface area contributed by atoms with E-state index in [9.17, 15) is 0 Å². The van der Waals surface area contributed by atoms with Crippen molar-refractivity contribution in [3.63, 3.8) is 0 Å². The summed E-state index contributed by atoms with van der Waals surface area (Å²) in [5.41, 5.74) is 3.97. The Kier molecular flexibility index (Phi) is 4.59. The molecule has 1 aromatic rings. The van der Waals surface area contributed by atoms with E-state index in [0.29, 0.717) is 11.8 Å². The Hall–Kier alpha value is -1.22. The minimum absolute atomic E-state index is 0. The number of amidine groups is 1. The fourth-order valence-corrected chi connectivity index (χ4v) is 3.05. The van der Waals surface area contributed by atoms with E-state index in [4.69, 9.17) is 4.74 Å². The lowest BCUT2D eigenvalue weighted by Crippen LogP contribution is -2.30. The van der Waals surface area contributed by atoms with Gasteiger partial charge in [0.15, 0.2) is 0 Å². The number of hydrogen-bond acceptors (Lipinski definition) is 3. The summed E-state index contributed by atoms with van der Waals surface area (Å²) in [6, 6.07) is 4.53. The number of ether oxygens (including phenoxy) is 1. The number of halogens is 1. The van der Waals surface area contributed by atoms with Crippen LogP contribution in [-0.2, 0) is 0 Å². The first-order valence-electron chi connectivity index (χ1n) is 7.22. The second-order valence-electron chi connectivity index (χ2n) is 5.81. The molecule has 0 amide bonds. The van der Waals surface area contributed by atoms with Gasteiger partial charge in [-0.2, -0.15) is 0 Å². The van der Waals surface area contributed by atoms with E-state index in [1.165, 1.54) is 16.7 Å². The highest BCUT2D eigenvalue weighted by Gasteiger charge is 2.29. The number of nitrogens with zero attached hydrogens (tertiary/aromatic N) is 1. The van der Waals surface area contributed by atoms with E-state index in [1.54, 1.807) is 0 Å². The summed E-state index contributed by atoms with van der Waals surface area (Å²) in [5, 5.41) is 3.43. The van der Waals surface area contributed by atoms with Crippen LogP contribution in [0.25, 0.3) is 0 Å². The Balaban J connectivity index is 0.00000147. The molecule has 0 aromatic heterocycles. The van der Waals surface area contributed by atoms with Gasteiger partial charge in [-0.25, -0.2) is 0 Å². The minimum Gasteiger partial charge on any atom is -0.493 e. The van der Waals surface area contributed by atoms with Gasteiger partial charge < -0.3 is 10.1 Å². The summed E-state index contributed by atoms with van der Waals surface area (Å²) in [7, 11) is 0. The molecule has 0 spiro atoms. The van der Waals surface area contributed by atoms with Crippen molar-refractivity contribution in [1.29, 1.82) is 0 Å². The molecule has 0 radical (unpaired) electrons. The maximum absolute atomic E-state index is 5.98. The van der Waals surface area contributed by atoms with E-state index in [2.05, 4.69) is 43.2 Å². The van der Waals surface area contributed by atoms with Gasteiger partial charge in [0.1, 0.15) is 11.6 Å². The van der Waals surface area contributed by atoms with Crippen molar-refractivity contribution < 1.29 is 4.74 Å². The zero-order valence-corrected chi connectivity index (χ0v) is 13.2. The molecule has 1 N–H and O–H groups in total. The van der Waals surface area contributed by atoms with Gasteiger partial charge in [0.2, 0.25) is 0 Å². The molecular formula is C16H23ClN2O. The Morgan fingerprint density at radius 2 is 2.15 bits per heavy atom. The van der Waals surface area contributed by atoms with Crippen LogP contribution in [0, 0.1) is 6.92 Å². The predicted molar refractivity (Wildman–Crippen MR) is 85.7 cm³/mol. The zero-order chi connectivity index (χ0) is 13.4. The maximum Gasteiger partial charge on any atom is 0.126 e. The van der Waals surface area contributed by atoms with Crippen molar-refractivity contribution in [3.8, 4) is 5.75 Å². The van der Waals surface area contributed by atoms with Gasteiger partial charge in [0.25, 0.3) is 0 Å². The summed E-state index contributed by atoms with van der Waals surface area (Å²) in [6.45, 7) is 9.30. The van der Waals surface area contributed by atoms with E-state index >= 15 is 0 Å². The Bertz CT molecular complexity index is 525. The molecule has 2 heterocycles. The first kappa shape index (κ1) is 15.2. The molecule has 1 unspecified atom stereocenters. The molecule has 4 heteroatoms. The van der Waals surface area contributed by atoms with Gasteiger partial charge in [-0.1, -0.05) is 31.5 Å². The zero-order valence-electron chi connectivity index (χ0n) is 12.4. The van der Waals surface area contributed by atoms with Crippen molar-refractivity contribution in [3.05, 3.63) is 28.8 Å². The third-order valence-electron chi connectivity index (χ3n) is 3.97. The molecule has 20 heavy (non-hydrogen) atoms. The first-order valence-corrected chi connectivity index (χ1v) is 7.22. The molecule has 0 aliphatic carbocycles. The smallest absolute Gasteiger partial charge is 0.126 e. The average molecular weight is 295 g/mol. The van der Waals surface area contributed by atoms with Crippen LogP contribution in [0.2, 0.25) is 0 Å². The van der Waals surface area contributed by atoms with Crippen LogP contribution in [0.15, 0.2) is 17.1 Å². The second-order valence-corrected chi connectivity index (χ2v) is 5.81. The molecule has 3 rings (SSSR count). The van der Waals surface area contributed by atoms with E-state index in [0.717, 1.165) is 37.7 Å². The van der Waals surface area contributed by atoms with Crippen LogP contribution in [0.4, 0.5) is 0 Å². The molecular weight excluding hydrogens is 272 g/mol. The maximum atomic E-state index is 5.98. The van der Waals surface area contributed by atoms with E-state index in [1.807, 2.05) is 0 Å². The summed E-state index contributed by atoms with van der Waals surface area (Å²) in [6.07, 6.45) is 1.03. The molecule has 1 aromatic carbocycles. The number of rotatable bonds is 2. The number of benzene rings is 1. The van der Waals surface area contributed by atoms with E-state index < -0.39 is 0 Å². The predicted octanol–water partition coefficient (Wildman–Crippen LogP) is 3.41. The van der Waals surface area contributed by atoms with Gasteiger partial charge in [-0.3, -0.25) is 4.99 Å². The molecule has 2 aliphatic heterocycles. The molecule has 110 valence electrons. The number of fused-ring (bicyclic) bond motifs is 1. The quantitative estimate of drug-likeness (QED) is 0.907. The molecule has 0 saturated carbocycles. The summed E-state index contributed by atoms with van der Waals surface area (Å²) < 4.78 is 5.98. The normalized spacial score (nSPS) is 20.6. The third kappa shape index (κ3) is 2.64. The fraction of sp³-hybridized carbons (Fsp3) is 0.562. The third-order valence-corrected chi connectivity index (χ3v) is 3.97. The number of hydrogen-bond donors (Lipinski definition) is 1. The Morgan fingerprint density at radius 3 is 2.80 bits per heavy atom. The first-order chi connectivity index (χ1) is 9.16. The van der Waals surface area contributed by atoms with Crippen molar-refractivity contribution in [1.82, 2.24) is 5.32 Å². The Labute approximate surface area is 127 Å². The summed E-state index contributed by atoms with van der Waals surface area (Å²) in [5.74, 6) is 3.15. The molecule has 0 fully saturated rings. The van der Waals surface area contributed by atoms with Crippen LogP contribution in [0.5, 0.6) is 5.75 Å². The van der Waals surface area contributed by atoms with Crippen molar-refractivity contribution in [2.24, 2.45) is 4.99 Å². The van der Waals surface area contributed by atoms with Gasteiger partial charge in [-0.15, -0.1) is 12.4 Å². The van der Waals surface area contributed by atoms with E-state index in [-0.39, 0.29) is 12.4 Å². The number of nitrogens with one attached hydrogen (secondary N) is 1. The van der Waals surface area contributed by atoms with Crippen molar-refractivity contribution >= 4 is 18.2 Å². The Morgan fingerprint density at radius 1 is 1.35 bits per heavy atom. The van der Waals surface area contributed by atoms with Crippen LogP contribution in [0.1, 0.15) is 48.8 Å². The lowest BCUT2D eigenvalue weighted by Gasteiger charge is -2.29. The van der Waals surface area contributed by atoms with Gasteiger partial charge >= 0.3 is 0 Å². The van der Waals surface area contributed by atoms with Gasteiger partial charge in [-0.05, 0) is 24.8 Å². The van der Waals surface area contributed by atoms with Gasteiger partial charge in [0.05, 0.1) is 13.2 Å². The SMILES string of the molecule is Cc1cc(C(C)C)c2c(c1)C(C1=NCCN1)CCO2.Cl. The van der Waals surface area contributed by atoms with Crippen LogP contribution < -0.4 is 10.1 Å². The molecule has 1 atom stereocenters. The topological polar surface area (TPSA) is 33.6 Å². The molecule has 2 aliphatic rings. The van der Waals surface area contributed by atoms with Crippen molar-refractivity contribution in [2.45, 2.75) is 39.0 Å². The fourth-order valence-electron chi connectivity index (χ4n) is 3.05. The second kappa shape index (κ2) is 6.04. The van der Waals surface area contributed by atoms with Crippen LogP contribution in [-0.4, -0.2) is 25.5 Å². The largest absolute Gasteiger partial charge is 0.493 e.